The molecule has 0 bridgehead atoms. The van der Waals surface area contributed by atoms with E-state index in [0.29, 0.717) is 11.4 Å². The third kappa shape index (κ3) is 6.84. The number of aryl methyl sites for hydroxylation is 1. The number of hydrogen-bond acceptors (Lipinski definition) is 4. The summed E-state index contributed by atoms with van der Waals surface area (Å²) in [4.78, 5) is 11.3. The largest absolute Gasteiger partial charge is 0.370 e. The second-order valence-electron chi connectivity index (χ2n) is 8.13. The van der Waals surface area contributed by atoms with Crippen LogP contribution in [0.4, 0.5) is 0 Å². The van der Waals surface area contributed by atoms with Gasteiger partial charge in [0.05, 0.1) is 5.69 Å². The molecule has 0 aliphatic heterocycles. The van der Waals surface area contributed by atoms with Gasteiger partial charge in [0, 0.05) is 23.1 Å². The molecule has 1 atom stereocenters. The van der Waals surface area contributed by atoms with Gasteiger partial charge in [-0.15, -0.1) is 10.2 Å². The number of thioether (sulfide) groups is 1. The van der Waals surface area contributed by atoms with Crippen LogP contribution in [-0.4, -0.2) is 20.7 Å². The van der Waals surface area contributed by atoms with E-state index in [-0.39, 0.29) is 11.8 Å². The molecule has 0 radical (unpaired) electrons. The van der Waals surface area contributed by atoms with Gasteiger partial charge in [0.2, 0.25) is 5.91 Å². The minimum Gasteiger partial charge on any atom is -0.370 e. The van der Waals surface area contributed by atoms with E-state index in [2.05, 4.69) is 52.9 Å². The lowest BCUT2D eigenvalue weighted by molar-refractivity contribution is -0.118. The number of carbonyl (C=O) groups excluding carboxylic acids is 1. The lowest BCUT2D eigenvalue weighted by Gasteiger charge is -2.18. The van der Waals surface area contributed by atoms with Crippen molar-refractivity contribution >= 4 is 29.3 Å². The van der Waals surface area contributed by atoms with Crippen LogP contribution in [0.1, 0.15) is 68.3 Å². The molecule has 1 amide bonds. The average molecular weight is 471 g/mol. The Morgan fingerprint density at radius 3 is 2.56 bits per heavy atom. The predicted octanol–water partition coefficient (Wildman–Crippen LogP) is 6.45. The molecule has 5 nitrogen and oxygen atoms in total. The first-order valence-electron chi connectivity index (χ1n) is 11.2. The number of nitrogens with two attached hydrogens (primary N) is 1. The van der Waals surface area contributed by atoms with Crippen molar-refractivity contribution in [3.8, 4) is 5.69 Å². The summed E-state index contributed by atoms with van der Waals surface area (Å²) in [6.07, 6.45) is 5.18. The minimum atomic E-state index is -0.259. The smallest absolute Gasteiger partial charge is 0.217 e. The molecule has 2 N–H and O–H groups in total. The molecule has 0 saturated carbocycles. The quantitative estimate of drug-likeness (QED) is 0.308. The number of amides is 1. The van der Waals surface area contributed by atoms with E-state index in [4.69, 9.17) is 17.3 Å². The Hall–Kier alpha value is -2.31. The van der Waals surface area contributed by atoms with Crippen molar-refractivity contribution < 1.29 is 4.79 Å². The minimum absolute atomic E-state index is 0.203. The number of unbranched alkanes of at least 4 members (excludes halogenated alkanes) is 1. The van der Waals surface area contributed by atoms with Gasteiger partial charge in [0.15, 0.2) is 5.16 Å². The van der Waals surface area contributed by atoms with Crippen LogP contribution in [0.5, 0.6) is 0 Å². The number of halogens is 1. The second-order valence-corrected chi connectivity index (χ2v) is 9.51. The Bertz CT molecular complexity index is 1020. The third-order valence-corrected chi connectivity index (χ3v) is 6.70. The van der Waals surface area contributed by atoms with Crippen molar-refractivity contribution in [1.29, 1.82) is 0 Å². The van der Waals surface area contributed by atoms with E-state index in [9.17, 15) is 4.79 Å². The summed E-state index contributed by atoms with van der Waals surface area (Å²) in [5.74, 6) is 1.68. The van der Waals surface area contributed by atoms with Gasteiger partial charge in [-0.1, -0.05) is 79.0 Å². The van der Waals surface area contributed by atoms with Crippen molar-refractivity contribution in [2.45, 2.75) is 69.2 Å². The fourth-order valence-corrected chi connectivity index (χ4v) is 4.80. The van der Waals surface area contributed by atoms with Crippen molar-refractivity contribution in [3.63, 3.8) is 0 Å². The van der Waals surface area contributed by atoms with E-state index in [1.165, 1.54) is 11.1 Å². The van der Waals surface area contributed by atoms with Gasteiger partial charge < -0.3 is 5.73 Å². The van der Waals surface area contributed by atoms with Crippen molar-refractivity contribution in [3.05, 3.63) is 70.5 Å². The first kappa shape index (κ1) is 24.3. The molecule has 0 aliphatic carbocycles. The SMILES string of the molecule is CCCCC(CCCC(N)=O)c1nnc(SCc2ccc(C)cc2)n1-c1cccc(Cl)c1. The lowest BCUT2D eigenvalue weighted by Crippen LogP contribution is -2.13. The summed E-state index contributed by atoms with van der Waals surface area (Å²) in [5, 5.41) is 10.7. The van der Waals surface area contributed by atoms with Gasteiger partial charge in [-0.3, -0.25) is 9.36 Å². The van der Waals surface area contributed by atoms with Crippen LogP contribution < -0.4 is 5.73 Å². The van der Waals surface area contributed by atoms with Gasteiger partial charge in [-0.05, 0) is 49.9 Å². The number of nitrogens with zero attached hydrogens (tertiary/aromatic N) is 3. The zero-order chi connectivity index (χ0) is 22.9. The highest BCUT2D eigenvalue weighted by Gasteiger charge is 2.23. The summed E-state index contributed by atoms with van der Waals surface area (Å²) < 4.78 is 2.13. The topological polar surface area (TPSA) is 73.8 Å². The van der Waals surface area contributed by atoms with Crippen molar-refractivity contribution in [2.75, 3.05) is 0 Å². The van der Waals surface area contributed by atoms with Gasteiger partial charge >= 0.3 is 0 Å². The first-order chi connectivity index (χ1) is 15.5. The summed E-state index contributed by atoms with van der Waals surface area (Å²) in [5.41, 5.74) is 8.82. The first-order valence-corrected chi connectivity index (χ1v) is 12.5. The van der Waals surface area contributed by atoms with Crippen LogP contribution in [0, 0.1) is 6.92 Å². The number of primary amides is 1. The second kappa shape index (κ2) is 12.1. The highest BCUT2D eigenvalue weighted by Crippen LogP contribution is 2.33. The molecule has 32 heavy (non-hydrogen) atoms. The maximum atomic E-state index is 11.3. The van der Waals surface area contributed by atoms with Crippen molar-refractivity contribution in [2.24, 2.45) is 5.73 Å². The molecule has 3 aromatic rings. The van der Waals surface area contributed by atoms with Crippen LogP contribution in [0.25, 0.3) is 5.69 Å². The number of aromatic nitrogens is 3. The number of carbonyl (C=O) groups is 1. The molecule has 7 heteroatoms. The molecule has 3 rings (SSSR count). The zero-order valence-corrected chi connectivity index (χ0v) is 20.3. The van der Waals surface area contributed by atoms with Crippen LogP contribution in [0.3, 0.4) is 0 Å². The molecule has 0 saturated heterocycles. The lowest BCUT2D eigenvalue weighted by atomic mass is 9.94. The number of hydrogen-bond donors (Lipinski definition) is 1. The molecule has 0 spiro atoms. The van der Waals surface area contributed by atoms with Crippen LogP contribution >= 0.6 is 23.4 Å². The van der Waals surface area contributed by atoms with E-state index in [1.807, 2.05) is 24.3 Å². The third-order valence-electron chi connectivity index (χ3n) is 5.46. The Labute approximate surface area is 199 Å². The maximum Gasteiger partial charge on any atom is 0.217 e. The van der Waals surface area contributed by atoms with Crippen LogP contribution in [0.2, 0.25) is 5.02 Å². The summed E-state index contributed by atoms with van der Waals surface area (Å²) in [7, 11) is 0. The Morgan fingerprint density at radius 1 is 1.12 bits per heavy atom. The Balaban J connectivity index is 1.92. The van der Waals surface area contributed by atoms with Crippen molar-refractivity contribution in [1.82, 2.24) is 14.8 Å². The van der Waals surface area contributed by atoms with Gasteiger partial charge in [0.25, 0.3) is 0 Å². The predicted molar refractivity (Wildman–Crippen MR) is 132 cm³/mol. The molecule has 1 heterocycles. The summed E-state index contributed by atoms with van der Waals surface area (Å²) in [6, 6.07) is 16.4. The summed E-state index contributed by atoms with van der Waals surface area (Å²) >= 11 is 7.99. The molecular formula is C25H31ClN4OS. The van der Waals surface area contributed by atoms with Gasteiger partial charge in [0.1, 0.15) is 5.82 Å². The normalized spacial score (nSPS) is 12.1. The molecular weight excluding hydrogens is 440 g/mol. The maximum absolute atomic E-state index is 11.3. The Morgan fingerprint density at radius 2 is 1.88 bits per heavy atom. The number of rotatable bonds is 12. The molecule has 1 aromatic heterocycles. The zero-order valence-electron chi connectivity index (χ0n) is 18.8. The molecule has 0 fully saturated rings. The van der Waals surface area contributed by atoms with Gasteiger partial charge in [-0.2, -0.15) is 0 Å². The highest BCUT2D eigenvalue weighted by molar-refractivity contribution is 7.98. The monoisotopic (exact) mass is 470 g/mol. The van der Waals surface area contributed by atoms with Crippen LogP contribution in [-0.2, 0) is 10.5 Å². The average Bonchev–Trinajstić information content (AvgIpc) is 3.19. The summed E-state index contributed by atoms with van der Waals surface area (Å²) in [6.45, 7) is 4.28. The Kier molecular flexibility index (Phi) is 9.18. The molecule has 0 aliphatic rings. The highest BCUT2D eigenvalue weighted by atomic mass is 35.5. The molecule has 170 valence electrons. The van der Waals surface area contributed by atoms with E-state index in [0.717, 1.165) is 54.5 Å². The fraction of sp³-hybridized carbons (Fsp3) is 0.400. The van der Waals surface area contributed by atoms with E-state index < -0.39 is 0 Å². The van der Waals surface area contributed by atoms with E-state index >= 15 is 0 Å². The van der Waals surface area contributed by atoms with Crippen LogP contribution in [0.15, 0.2) is 53.7 Å². The fourth-order valence-electron chi connectivity index (χ4n) is 3.70. The molecule has 1 unspecified atom stereocenters. The molecule has 2 aromatic carbocycles. The standard InChI is InChI=1S/C25H31ClN4OS/c1-3-4-7-20(8-5-11-23(27)31)24-28-29-25(30(24)22-10-6-9-21(26)16-22)32-17-19-14-12-18(2)13-15-19/h6,9-10,12-16,20H,3-5,7-8,11,17H2,1-2H3,(H2,27,31). The van der Waals surface area contributed by atoms with E-state index in [1.54, 1.807) is 11.8 Å². The van der Waals surface area contributed by atoms with Gasteiger partial charge in [-0.25, -0.2) is 0 Å². The number of benzene rings is 2.